The fourth-order valence-corrected chi connectivity index (χ4v) is 4.45. The summed E-state index contributed by atoms with van der Waals surface area (Å²) in [5.41, 5.74) is 7.95. The standard InChI is InChI=1S/C20H25N3O3S/c1-11(2)12-6-7-13-14(8-12)25-20(16-15(13)22-17(21)27-16)9-23(10-20)18(24)26-19(3,4)5/h6-8,11H,9-10H2,1-5H3,(H2,21,22). The average Bonchev–Trinajstić information content (AvgIpc) is 2.91. The van der Waals surface area contributed by atoms with Crippen LogP contribution >= 0.6 is 11.3 Å². The van der Waals surface area contributed by atoms with Crippen molar-refractivity contribution in [3.63, 3.8) is 0 Å². The molecule has 4 rings (SSSR count). The number of carbonyl (C=O) groups excluding carboxylic acids is 1. The second kappa shape index (κ2) is 5.86. The lowest BCUT2D eigenvalue weighted by Gasteiger charge is -2.50. The smallest absolute Gasteiger partial charge is 0.410 e. The van der Waals surface area contributed by atoms with Crippen molar-refractivity contribution < 1.29 is 14.3 Å². The minimum atomic E-state index is -0.593. The molecule has 0 atom stereocenters. The number of aromatic nitrogens is 1. The lowest BCUT2D eigenvalue weighted by atomic mass is 9.86. The predicted molar refractivity (Wildman–Crippen MR) is 106 cm³/mol. The van der Waals surface area contributed by atoms with Gasteiger partial charge in [0.15, 0.2) is 10.7 Å². The monoisotopic (exact) mass is 387 g/mol. The third-order valence-corrected chi connectivity index (χ3v) is 5.90. The minimum Gasteiger partial charge on any atom is -0.477 e. The summed E-state index contributed by atoms with van der Waals surface area (Å²) in [6.07, 6.45) is -0.322. The lowest BCUT2D eigenvalue weighted by Crippen LogP contribution is -2.65. The van der Waals surface area contributed by atoms with E-state index in [-0.39, 0.29) is 6.09 Å². The third-order valence-electron chi connectivity index (χ3n) is 4.83. The number of carbonyl (C=O) groups is 1. The number of benzene rings is 1. The first-order chi connectivity index (χ1) is 12.6. The number of fused-ring (bicyclic) bond motifs is 4. The number of nitrogens with two attached hydrogens (primary N) is 1. The molecular weight excluding hydrogens is 362 g/mol. The molecule has 2 aromatic rings. The number of thiazole rings is 1. The van der Waals surface area contributed by atoms with Crippen LogP contribution in [0.15, 0.2) is 18.2 Å². The zero-order chi connectivity index (χ0) is 19.6. The van der Waals surface area contributed by atoms with Gasteiger partial charge >= 0.3 is 6.09 Å². The Kier molecular flexibility index (Phi) is 3.93. The van der Waals surface area contributed by atoms with Gasteiger partial charge in [-0.15, -0.1) is 0 Å². The van der Waals surface area contributed by atoms with E-state index >= 15 is 0 Å². The van der Waals surface area contributed by atoms with Crippen LogP contribution in [0.5, 0.6) is 5.75 Å². The topological polar surface area (TPSA) is 77.7 Å². The molecule has 1 saturated heterocycles. The van der Waals surface area contributed by atoms with Crippen LogP contribution in [0, 0.1) is 0 Å². The van der Waals surface area contributed by atoms with E-state index in [9.17, 15) is 4.79 Å². The van der Waals surface area contributed by atoms with Gasteiger partial charge in [0.05, 0.1) is 23.7 Å². The summed E-state index contributed by atoms with van der Waals surface area (Å²) in [6.45, 7) is 10.8. The molecule has 1 aromatic carbocycles. The number of nitrogens with zero attached hydrogens (tertiary/aromatic N) is 2. The highest BCUT2D eigenvalue weighted by Gasteiger charge is 2.55. The number of hydrogen-bond donors (Lipinski definition) is 1. The second-order valence-corrected chi connectivity index (χ2v) is 9.60. The molecule has 1 fully saturated rings. The van der Waals surface area contributed by atoms with Gasteiger partial charge in [-0.1, -0.05) is 31.3 Å². The van der Waals surface area contributed by atoms with Gasteiger partial charge in [0.2, 0.25) is 0 Å². The second-order valence-electron chi connectivity index (χ2n) is 8.57. The summed E-state index contributed by atoms with van der Waals surface area (Å²) in [4.78, 5) is 19.6. The van der Waals surface area contributed by atoms with E-state index in [1.807, 2.05) is 20.8 Å². The number of anilines is 1. The summed E-state index contributed by atoms with van der Waals surface area (Å²) in [5, 5.41) is 0.513. The van der Waals surface area contributed by atoms with Gasteiger partial charge in [0, 0.05) is 5.56 Å². The van der Waals surface area contributed by atoms with Gasteiger partial charge in [-0.3, -0.25) is 4.90 Å². The van der Waals surface area contributed by atoms with Crippen molar-refractivity contribution in [2.24, 2.45) is 0 Å². The molecule has 144 valence electrons. The Morgan fingerprint density at radius 3 is 2.70 bits per heavy atom. The normalized spacial score (nSPS) is 17.2. The Labute approximate surface area is 163 Å². The van der Waals surface area contributed by atoms with E-state index in [2.05, 4.69) is 37.0 Å². The quantitative estimate of drug-likeness (QED) is 0.787. The number of amides is 1. The lowest BCUT2D eigenvalue weighted by molar-refractivity contribution is -0.0855. The van der Waals surface area contributed by atoms with Crippen LogP contribution in [0.25, 0.3) is 11.3 Å². The summed E-state index contributed by atoms with van der Waals surface area (Å²) in [5.74, 6) is 1.21. The maximum absolute atomic E-state index is 12.4. The maximum Gasteiger partial charge on any atom is 0.410 e. The van der Waals surface area contributed by atoms with Crippen molar-refractivity contribution in [2.45, 2.75) is 51.7 Å². The fourth-order valence-electron chi connectivity index (χ4n) is 3.50. The molecule has 3 heterocycles. The van der Waals surface area contributed by atoms with Gasteiger partial charge in [-0.05, 0) is 44.4 Å². The van der Waals surface area contributed by atoms with E-state index in [0.717, 1.165) is 21.9 Å². The van der Waals surface area contributed by atoms with Crippen LogP contribution < -0.4 is 10.5 Å². The first-order valence-electron chi connectivity index (χ1n) is 9.16. The SMILES string of the molecule is CC(C)c1ccc2c(c1)OC1(CN(C(=O)OC(C)(C)C)C1)c1sc(N)nc1-2. The van der Waals surface area contributed by atoms with E-state index in [4.69, 9.17) is 15.2 Å². The number of ether oxygens (including phenoxy) is 2. The van der Waals surface area contributed by atoms with Gasteiger partial charge in [-0.2, -0.15) is 0 Å². The molecule has 6 nitrogen and oxygen atoms in total. The highest BCUT2D eigenvalue weighted by atomic mass is 32.1. The molecule has 1 amide bonds. The summed E-state index contributed by atoms with van der Waals surface area (Å²) in [6, 6.07) is 6.24. The van der Waals surface area contributed by atoms with Gasteiger partial charge in [0.25, 0.3) is 0 Å². The Hall–Kier alpha value is -2.28. The molecule has 2 N–H and O–H groups in total. The van der Waals surface area contributed by atoms with E-state index in [0.29, 0.717) is 24.1 Å². The van der Waals surface area contributed by atoms with Crippen LogP contribution in [0.3, 0.4) is 0 Å². The molecule has 7 heteroatoms. The summed E-state index contributed by atoms with van der Waals surface area (Å²) < 4.78 is 11.9. The minimum absolute atomic E-state index is 0.322. The Balaban J connectivity index is 1.67. The van der Waals surface area contributed by atoms with E-state index in [1.54, 1.807) is 4.90 Å². The van der Waals surface area contributed by atoms with Crippen LogP contribution in [0.1, 0.15) is 51.0 Å². The number of rotatable bonds is 1. The number of likely N-dealkylation sites (tertiary alicyclic amines) is 1. The zero-order valence-electron chi connectivity index (χ0n) is 16.3. The third kappa shape index (κ3) is 3.04. The van der Waals surface area contributed by atoms with E-state index in [1.165, 1.54) is 16.9 Å². The molecule has 2 aliphatic heterocycles. The van der Waals surface area contributed by atoms with Crippen molar-refractivity contribution in [3.8, 4) is 17.0 Å². The molecule has 0 bridgehead atoms. The molecular formula is C20H25N3O3S. The van der Waals surface area contributed by atoms with Crippen LogP contribution in [-0.2, 0) is 10.3 Å². The van der Waals surface area contributed by atoms with Crippen LogP contribution in [0.2, 0.25) is 0 Å². The highest BCUT2D eigenvalue weighted by molar-refractivity contribution is 7.16. The molecule has 0 aliphatic carbocycles. The molecule has 1 aromatic heterocycles. The fraction of sp³-hybridized carbons (Fsp3) is 0.500. The summed E-state index contributed by atoms with van der Waals surface area (Å²) >= 11 is 1.44. The first kappa shape index (κ1) is 18.1. The zero-order valence-corrected chi connectivity index (χ0v) is 17.1. The van der Waals surface area contributed by atoms with Gasteiger partial charge in [-0.25, -0.2) is 9.78 Å². The Morgan fingerprint density at radius 2 is 2.07 bits per heavy atom. The highest BCUT2D eigenvalue weighted by Crippen LogP contribution is 2.52. The van der Waals surface area contributed by atoms with Crippen molar-refractivity contribution >= 4 is 22.6 Å². The molecule has 27 heavy (non-hydrogen) atoms. The van der Waals surface area contributed by atoms with Gasteiger partial charge < -0.3 is 15.2 Å². The molecule has 1 spiro atoms. The Bertz CT molecular complexity index is 908. The largest absolute Gasteiger partial charge is 0.477 e. The van der Waals surface area contributed by atoms with Crippen molar-refractivity contribution in [1.29, 1.82) is 0 Å². The average molecular weight is 388 g/mol. The Morgan fingerprint density at radius 1 is 1.37 bits per heavy atom. The first-order valence-corrected chi connectivity index (χ1v) is 9.98. The molecule has 0 unspecified atom stereocenters. The van der Waals surface area contributed by atoms with Crippen molar-refractivity contribution in [3.05, 3.63) is 28.6 Å². The predicted octanol–water partition coefficient (Wildman–Crippen LogP) is 4.35. The molecule has 2 aliphatic rings. The van der Waals surface area contributed by atoms with E-state index < -0.39 is 11.2 Å². The van der Waals surface area contributed by atoms with Crippen LogP contribution in [-0.4, -0.2) is 34.7 Å². The van der Waals surface area contributed by atoms with Crippen molar-refractivity contribution in [1.82, 2.24) is 9.88 Å². The molecule has 0 radical (unpaired) electrons. The van der Waals surface area contributed by atoms with Gasteiger partial charge in [0.1, 0.15) is 11.4 Å². The summed E-state index contributed by atoms with van der Waals surface area (Å²) in [7, 11) is 0. The number of nitrogen functional groups attached to an aromatic ring is 1. The van der Waals surface area contributed by atoms with Crippen molar-refractivity contribution in [2.75, 3.05) is 18.8 Å². The molecule has 0 saturated carbocycles. The van der Waals surface area contributed by atoms with Crippen LogP contribution in [0.4, 0.5) is 9.93 Å². The number of hydrogen-bond acceptors (Lipinski definition) is 6. The maximum atomic E-state index is 12.4.